The van der Waals surface area contributed by atoms with Gasteiger partial charge in [-0.3, -0.25) is 9.78 Å². The Morgan fingerprint density at radius 2 is 1.93 bits per heavy atom. The summed E-state index contributed by atoms with van der Waals surface area (Å²) in [6.07, 6.45) is 2.21. The minimum atomic E-state index is -0.844. The Bertz CT molecular complexity index is 1050. The van der Waals surface area contributed by atoms with E-state index in [-0.39, 0.29) is 35.2 Å². The van der Waals surface area contributed by atoms with E-state index < -0.39 is 11.7 Å². The number of methoxy groups -OCH3 is 1. The minimum Gasteiger partial charge on any atom is -0.504 e. The van der Waals surface area contributed by atoms with Crippen LogP contribution in [-0.2, 0) is 16.0 Å². The maximum Gasteiger partial charge on any atom is 0.360 e. The lowest BCUT2D eigenvalue weighted by molar-refractivity contribution is -0.115. The molecule has 0 aliphatic carbocycles. The topological polar surface area (TPSA) is 101 Å². The zero-order valence-electron chi connectivity index (χ0n) is 15.3. The van der Waals surface area contributed by atoms with Gasteiger partial charge in [-0.1, -0.05) is 19.1 Å². The average Bonchev–Trinajstić information content (AvgIpc) is 2.71. The van der Waals surface area contributed by atoms with Crippen LogP contribution in [-0.4, -0.2) is 34.1 Å². The van der Waals surface area contributed by atoms with Gasteiger partial charge >= 0.3 is 5.97 Å². The molecule has 1 aromatic carbocycles. The van der Waals surface area contributed by atoms with Crippen LogP contribution in [0.5, 0.6) is 5.75 Å². The summed E-state index contributed by atoms with van der Waals surface area (Å²) in [5, 5.41) is 13.4. The van der Waals surface area contributed by atoms with E-state index in [4.69, 9.17) is 0 Å². The Hall–Kier alpha value is -3.55. The number of fused-ring (bicyclic) bond motifs is 1. The molecule has 0 bridgehead atoms. The molecule has 0 fully saturated rings. The van der Waals surface area contributed by atoms with Crippen molar-refractivity contribution in [1.29, 1.82) is 0 Å². The van der Waals surface area contributed by atoms with E-state index >= 15 is 0 Å². The minimum absolute atomic E-state index is 0.105. The molecule has 2 N–H and O–H groups in total. The van der Waals surface area contributed by atoms with Crippen molar-refractivity contribution in [3.05, 3.63) is 59.2 Å². The second-order valence-corrected chi connectivity index (χ2v) is 6.09. The molecule has 0 aliphatic rings. The van der Waals surface area contributed by atoms with E-state index in [0.29, 0.717) is 11.8 Å². The van der Waals surface area contributed by atoms with Crippen LogP contribution in [0.1, 0.15) is 35.0 Å². The number of hydrogen-bond donors (Lipinski definition) is 2. The van der Waals surface area contributed by atoms with Gasteiger partial charge in [0.2, 0.25) is 5.91 Å². The van der Waals surface area contributed by atoms with Crippen LogP contribution in [0, 0.1) is 5.82 Å². The Morgan fingerprint density at radius 1 is 1.21 bits per heavy atom. The number of nitrogens with one attached hydrogen (secondary N) is 1. The van der Waals surface area contributed by atoms with Crippen LogP contribution in [0.15, 0.2) is 36.5 Å². The first kappa shape index (κ1) is 19.2. The molecule has 3 rings (SSSR count). The van der Waals surface area contributed by atoms with Gasteiger partial charge in [0.15, 0.2) is 11.4 Å². The van der Waals surface area contributed by atoms with E-state index in [9.17, 15) is 19.1 Å². The standard InChI is InChI=1S/C20H18FN3O4/c1-3-15(25)23-19-14-9-12(8-11-4-6-13(21)7-5-11)10-22-16(14)18(26)17(24-19)20(27)28-2/h4-7,9-10,26H,3,8H2,1-2H3,(H,23,24,25). The van der Waals surface area contributed by atoms with Gasteiger partial charge in [-0.25, -0.2) is 14.2 Å². The lowest BCUT2D eigenvalue weighted by atomic mass is 10.0. The van der Waals surface area contributed by atoms with Crippen molar-refractivity contribution >= 4 is 28.6 Å². The van der Waals surface area contributed by atoms with Crippen molar-refractivity contribution in [2.24, 2.45) is 0 Å². The van der Waals surface area contributed by atoms with Crippen LogP contribution in [0.4, 0.5) is 10.2 Å². The summed E-state index contributed by atoms with van der Waals surface area (Å²) in [5.41, 5.74) is 1.41. The number of pyridine rings is 2. The fourth-order valence-corrected chi connectivity index (χ4v) is 2.70. The number of anilines is 1. The molecule has 1 amide bonds. The number of carbonyl (C=O) groups excluding carboxylic acids is 2. The second kappa shape index (κ2) is 7.99. The molecule has 144 valence electrons. The van der Waals surface area contributed by atoms with Crippen LogP contribution in [0.25, 0.3) is 10.9 Å². The molecule has 0 aliphatic heterocycles. The number of carbonyl (C=O) groups is 2. The number of benzene rings is 1. The monoisotopic (exact) mass is 383 g/mol. The largest absolute Gasteiger partial charge is 0.504 e. The third-order valence-corrected chi connectivity index (χ3v) is 4.15. The molecular weight excluding hydrogens is 365 g/mol. The highest BCUT2D eigenvalue weighted by Gasteiger charge is 2.21. The summed E-state index contributed by atoms with van der Waals surface area (Å²) in [7, 11) is 1.16. The van der Waals surface area contributed by atoms with Gasteiger partial charge in [0.05, 0.1) is 7.11 Å². The third-order valence-electron chi connectivity index (χ3n) is 4.15. The van der Waals surface area contributed by atoms with E-state index in [2.05, 4.69) is 20.0 Å². The highest BCUT2D eigenvalue weighted by molar-refractivity contribution is 6.05. The molecule has 28 heavy (non-hydrogen) atoms. The molecule has 0 saturated carbocycles. The fraction of sp³-hybridized carbons (Fsp3) is 0.200. The maximum absolute atomic E-state index is 13.1. The molecule has 8 heteroatoms. The summed E-state index contributed by atoms with van der Waals surface area (Å²) < 4.78 is 17.7. The van der Waals surface area contributed by atoms with Crippen molar-refractivity contribution in [3.63, 3.8) is 0 Å². The second-order valence-electron chi connectivity index (χ2n) is 6.09. The molecule has 3 aromatic rings. The number of ether oxygens (including phenoxy) is 1. The fourth-order valence-electron chi connectivity index (χ4n) is 2.70. The van der Waals surface area contributed by atoms with Crippen LogP contribution < -0.4 is 5.32 Å². The predicted octanol–water partition coefficient (Wildman–Crippen LogP) is 3.20. The van der Waals surface area contributed by atoms with Gasteiger partial charge < -0.3 is 15.2 Å². The summed E-state index contributed by atoms with van der Waals surface area (Å²) >= 11 is 0. The number of halogens is 1. The summed E-state index contributed by atoms with van der Waals surface area (Å²) in [6, 6.07) is 7.77. The molecule has 0 spiro atoms. The Labute approximate surface area is 160 Å². The zero-order chi connectivity index (χ0) is 20.3. The smallest absolute Gasteiger partial charge is 0.360 e. The van der Waals surface area contributed by atoms with Crippen molar-refractivity contribution in [2.75, 3.05) is 12.4 Å². The molecule has 0 unspecified atom stereocenters. The van der Waals surface area contributed by atoms with Gasteiger partial charge in [0.25, 0.3) is 0 Å². The van der Waals surface area contributed by atoms with Gasteiger partial charge in [0, 0.05) is 18.0 Å². The number of rotatable bonds is 5. The Kier molecular flexibility index (Phi) is 5.49. The number of aromatic hydroxyl groups is 1. The number of nitrogens with zero attached hydrogens (tertiary/aromatic N) is 2. The quantitative estimate of drug-likeness (QED) is 0.656. The van der Waals surface area contributed by atoms with Gasteiger partial charge in [0.1, 0.15) is 17.2 Å². The molecule has 0 radical (unpaired) electrons. The number of esters is 1. The average molecular weight is 383 g/mol. The molecule has 0 atom stereocenters. The van der Waals surface area contributed by atoms with Gasteiger partial charge in [-0.15, -0.1) is 0 Å². The highest BCUT2D eigenvalue weighted by atomic mass is 19.1. The molecular formula is C20H18FN3O4. The highest BCUT2D eigenvalue weighted by Crippen LogP contribution is 2.32. The first-order chi connectivity index (χ1) is 13.4. The molecule has 7 nitrogen and oxygen atoms in total. The van der Waals surface area contributed by atoms with Crippen LogP contribution >= 0.6 is 0 Å². The zero-order valence-corrected chi connectivity index (χ0v) is 15.3. The third kappa shape index (κ3) is 3.90. The Morgan fingerprint density at radius 3 is 2.57 bits per heavy atom. The molecule has 2 heterocycles. The summed E-state index contributed by atoms with van der Waals surface area (Å²) in [4.78, 5) is 32.1. The predicted molar refractivity (Wildman–Crippen MR) is 101 cm³/mol. The maximum atomic E-state index is 13.1. The molecule has 2 aromatic heterocycles. The summed E-state index contributed by atoms with van der Waals surface area (Å²) in [6.45, 7) is 1.68. The lowest BCUT2D eigenvalue weighted by Crippen LogP contribution is -2.14. The normalized spacial score (nSPS) is 10.7. The molecule has 0 saturated heterocycles. The van der Waals surface area contributed by atoms with Crippen LogP contribution in [0.3, 0.4) is 0 Å². The Balaban J connectivity index is 2.11. The number of hydrogen-bond acceptors (Lipinski definition) is 6. The summed E-state index contributed by atoms with van der Waals surface area (Å²) in [5.74, 6) is -1.80. The van der Waals surface area contributed by atoms with Crippen molar-refractivity contribution < 1.29 is 23.8 Å². The number of amides is 1. The van der Waals surface area contributed by atoms with Crippen molar-refractivity contribution in [1.82, 2.24) is 9.97 Å². The van der Waals surface area contributed by atoms with Crippen molar-refractivity contribution in [3.8, 4) is 5.75 Å². The van der Waals surface area contributed by atoms with E-state index in [1.54, 1.807) is 25.1 Å². The van der Waals surface area contributed by atoms with Crippen LogP contribution in [0.2, 0.25) is 0 Å². The van der Waals surface area contributed by atoms with E-state index in [1.165, 1.54) is 18.3 Å². The number of aromatic nitrogens is 2. The van der Waals surface area contributed by atoms with Crippen molar-refractivity contribution in [2.45, 2.75) is 19.8 Å². The lowest BCUT2D eigenvalue weighted by Gasteiger charge is -2.12. The first-order valence-corrected chi connectivity index (χ1v) is 8.57. The van der Waals surface area contributed by atoms with E-state index in [0.717, 1.165) is 18.2 Å². The van der Waals surface area contributed by atoms with E-state index in [1.807, 2.05) is 0 Å². The first-order valence-electron chi connectivity index (χ1n) is 8.57. The van der Waals surface area contributed by atoms with Gasteiger partial charge in [-0.2, -0.15) is 0 Å². The van der Waals surface area contributed by atoms with Gasteiger partial charge in [-0.05, 0) is 35.7 Å². The SMILES string of the molecule is CCC(=O)Nc1nc(C(=O)OC)c(O)c2ncc(Cc3ccc(F)cc3)cc12.